The number of amides is 2. The third kappa shape index (κ3) is 4.35. The summed E-state index contributed by atoms with van der Waals surface area (Å²) in [5, 5.41) is 5.97. The van der Waals surface area contributed by atoms with Gasteiger partial charge in [-0.3, -0.25) is 0 Å². The molecule has 3 rings (SSSR count). The molecule has 2 aromatic rings. The number of hydrogen-bond acceptors (Lipinski definition) is 1. The highest BCUT2D eigenvalue weighted by Crippen LogP contribution is 2.24. The van der Waals surface area contributed by atoms with E-state index in [-0.39, 0.29) is 12.1 Å². The van der Waals surface area contributed by atoms with E-state index in [0.717, 1.165) is 24.9 Å². The van der Waals surface area contributed by atoms with Crippen LogP contribution in [-0.2, 0) is 19.3 Å². The van der Waals surface area contributed by atoms with E-state index >= 15 is 0 Å². The van der Waals surface area contributed by atoms with Crippen molar-refractivity contribution in [1.82, 2.24) is 5.32 Å². The van der Waals surface area contributed by atoms with Gasteiger partial charge >= 0.3 is 6.03 Å². The maximum Gasteiger partial charge on any atom is 0.319 e. The molecular formula is C20H24N2O. The summed E-state index contributed by atoms with van der Waals surface area (Å²) in [6.07, 6.45) is 5.42. The summed E-state index contributed by atoms with van der Waals surface area (Å²) >= 11 is 0. The second kappa shape index (κ2) is 7.32. The number of anilines is 1. The number of rotatable bonds is 5. The van der Waals surface area contributed by atoms with Gasteiger partial charge in [0.05, 0.1) is 0 Å². The average molecular weight is 308 g/mol. The van der Waals surface area contributed by atoms with Crippen LogP contribution in [0.1, 0.15) is 36.5 Å². The first-order valence-corrected chi connectivity index (χ1v) is 8.44. The second-order valence-electron chi connectivity index (χ2n) is 6.36. The molecule has 0 saturated carbocycles. The van der Waals surface area contributed by atoms with E-state index in [1.54, 1.807) is 0 Å². The number of benzene rings is 2. The second-order valence-corrected chi connectivity index (χ2v) is 6.36. The monoisotopic (exact) mass is 308 g/mol. The van der Waals surface area contributed by atoms with Gasteiger partial charge in [-0.2, -0.15) is 0 Å². The molecule has 0 aliphatic heterocycles. The van der Waals surface area contributed by atoms with Gasteiger partial charge in [0.15, 0.2) is 0 Å². The quantitative estimate of drug-likeness (QED) is 0.848. The van der Waals surface area contributed by atoms with E-state index in [0.29, 0.717) is 0 Å². The predicted octanol–water partition coefficient (Wildman–Crippen LogP) is 4.32. The van der Waals surface area contributed by atoms with Crippen LogP contribution in [0.15, 0.2) is 48.5 Å². The fourth-order valence-corrected chi connectivity index (χ4v) is 3.14. The number of aryl methyl sites for hydroxylation is 3. The molecule has 2 aromatic carbocycles. The Balaban J connectivity index is 1.47. The van der Waals surface area contributed by atoms with Crippen LogP contribution >= 0.6 is 0 Å². The predicted molar refractivity (Wildman–Crippen MR) is 94.8 cm³/mol. The smallest absolute Gasteiger partial charge is 0.319 e. The number of carbonyl (C=O) groups is 1. The summed E-state index contributed by atoms with van der Waals surface area (Å²) in [6, 6.07) is 16.6. The van der Waals surface area contributed by atoms with Crippen molar-refractivity contribution >= 4 is 11.7 Å². The Morgan fingerprint density at radius 1 is 1.09 bits per heavy atom. The summed E-state index contributed by atoms with van der Waals surface area (Å²) < 4.78 is 0. The van der Waals surface area contributed by atoms with Crippen LogP contribution in [-0.4, -0.2) is 12.1 Å². The minimum absolute atomic E-state index is 0.122. The molecule has 0 radical (unpaired) electrons. The molecule has 23 heavy (non-hydrogen) atoms. The van der Waals surface area contributed by atoms with Crippen molar-refractivity contribution in [3.8, 4) is 0 Å². The van der Waals surface area contributed by atoms with Gasteiger partial charge in [-0.15, -0.1) is 0 Å². The Labute approximate surface area is 138 Å². The molecule has 2 amide bonds. The molecule has 1 aliphatic carbocycles. The maximum absolute atomic E-state index is 12.1. The molecule has 0 bridgehead atoms. The average Bonchev–Trinajstić information content (AvgIpc) is 3.01. The van der Waals surface area contributed by atoms with Crippen LogP contribution in [0.25, 0.3) is 0 Å². The van der Waals surface area contributed by atoms with E-state index in [1.807, 2.05) is 31.2 Å². The molecular weight excluding hydrogens is 284 g/mol. The molecule has 0 saturated heterocycles. The number of urea groups is 1. The number of carbonyl (C=O) groups excluding carboxylic acids is 1. The van der Waals surface area contributed by atoms with Crippen LogP contribution in [0.5, 0.6) is 0 Å². The standard InChI is InChI=1S/C20H24N2O/c1-15(10-11-16-6-3-2-4-7-16)21-20(23)22-19-13-12-17-8-5-9-18(17)14-19/h2-4,6-7,12-15H,5,8-11H2,1H3,(H2,21,22,23)/t15-/m0/s1. The summed E-state index contributed by atoms with van der Waals surface area (Å²) in [5.41, 5.74) is 4.99. The lowest BCUT2D eigenvalue weighted by molar-refractivity contribution is 0.248. The van der Waals surface area contributed by atoms with Crippen molar-refractivity contribution in [1.29, 1.82) is 0 Å². The van der Waals surface area contributed by atoms with Gasteiger partial charge in [0.25, 0.3) is 0 Å². The molecule has 3 nitrogen and oxygen atoms in total. The van der Waals surface area contributed by atoms with Crippen molar-refractivity contribution < 1.29 is 4.79 Å². The number of fused-ring (bicyclic) bond motifs is 1. The van der Waals surface area contributed by atoms with Crippen molar-refractivity contribution in [2.24, 2.45) is 0 Å². The largest absolute Gasteiger partial charge is 0.335 e. The molecule has 0 aromatic heterocycles. The van der Waals surface area contributed by atoms with Gasteiger partial charge in [-0.05, 0) is 67.9 Å². The molecule has 0 fully saturated rings. The Kier molecular flexibility index (Phi) is 4.96. The Hall–Kier alpha value is -2.29. The van der Waals surface area contributed by atoms with Crippen LogP contribution < -0.4 is 10.6 Å². The SMILES string of the molecule is C[C@@H](CCc1ccccc1)NC(=O)Nc1ccc2c(c1)CCC2. The maximum atomic E-state index is 12.1. The molecule has 0 unspecified atom stereocenters. The highest BCUT2D eigenvalue weighted by molar-refractivity contribution is 5.89. The first-order valence-electron chi connectivity index (χ1n) is 8.44. The van der Waals surface area contributed by atoms with E-state index in [9.17, 15) is 4.79 Å². The summed E-state index contributed by atoms with van der Waals surface area (Å²) in [7, 11) is 0. The summed E-state index contributed by atoms with van der Waals surface area (Å²) in [5.74, 6) is 0. The minimum atomic E-state index is -0.122. The van der Waals surface area contributed by atoms with E-state index in [4.69, 9.17) is 0 Å². The van der Waals surface area contributed by atoms with Crippen molar-refractivity contribution in [2.75, 3.05) is 5.32 Å². The van der Waals surface area contributed by atoms with Crippen LogP contribution in [0.2, 0.25) is 0 Å². The van der Waals surface area contributed by atoms with Crippen molar-refractivity contribution in [3.63, 3.8) is 0 Å². The fourth-order valence-electron chi connectivity index (χ4n) is 3.14. The number of nitrogens with one attached hydrogen (secondary N) is 2. The Morgan fingerprint density at radius 2 is 1.87 bits per heavy atom. The van der Waals surface area contributed by atoms with Gasteiger partial charge in [-0.1, -0.05) is 36.4 Å². The highest BCUT2D eigenvalue weighted by atomic mass is 16.2. The van der Waals surface area contributed by atoms with Crippen LogP contribution in [0.4, 0.5) is 10.5 Å². The number of hydrogen-bond donors (Lipinski definition) is 2. The van der Waals surface area contributed by atoms with Crippen LogP contribution in [0.3, 0.4) is 0 Å². The first-order chi connectivity index (χ1) is 11.2. The lowest BCUT2D eigenvalue weighted by Crippen LogP contribution is -2.36. The zero-order valence-corrected chi connectivity index (χ0v) is 13.6. The van der Waals surface area contributed by atoms with Crippen LogP contribution in [0, 0.1) is 0 Å². The minimum Gasteiger partial charge on any atom is -0.335 e. The first kappa shape index (κ1) is 15.6. The van der Waals surface area contributed by atoms with Gasteiger partial charge < -0.3 is 10.6 Å². The normalized spacial score (nSPS) is 14.1. The lowest BCUT2D eigenvalue weighted by atomic mass is 10.1. The van der Waals surface area contributed by atoms with Gasteiger partial charge in [-0.25, -0.2) is 4.79 Å². The molecule has 120 valence electrons. The molecule has 1 atom stereocenters. The summed E-state index contributed by atoms with van der Waals surface area (Å²) in [4.78, 5) is 12.1. The van der Waals surface area contributed by atoms with E-state index < -0.39 is 0 Å². The van der Waals surface area contributed by atoms with Gasteiger partial charge in [0.1, 0.15) is 0 Å². The summed E-state index contributed by atoms with van der Waals surface area (Å²) in [6.45, 7) is 2.05. The molecule has 1 aliphatic rings. The van der Waals surface area contributed by atoms with Gasteiger partial charge in [0, 0.05) is 11.7 Å². The Bertz CT molecular complexity index is 667. The lowest BCUT2D eigenvalue weighted by Gasteiger charge is -2.15. The fraction of sp³-hybridized carbons (Fsp3) is 0.350. The van der Waals surface area contributed by atoms with E-state index in [1.165, 1.54) is 29.5 Å². The third-order valence-corrected chi connectivity index (χ3v) is 4.44. The zero-order valence-electron chi connectivity index (χ0n) is 13.6. The topological polar surface area (TPSA) is 41.1 Å². The Morgan fingerprint density at radius 3 is 2.70 bits per heavy atom. The molecule has 3 heteroatoms. The zero-order chi connectivity index (χ0) is 16.1. The molecule has 2 N–H and O–H groups in total. The van der Waals surface area contributed by atoms with E-state index in [2.05, 4.69) is 34.9 Å². The third-order valence-electron chi connectivity index (χ3n) is 4.44. The molecule has 0 heterocycles. The van der Waals surface area contributed by atoms with Crippen molar-refractivity contribution in [2.45, 2.75) is 45.1 Å². The van der Waals surface area contributed by atoms with Crippen molar-refractivity contribution in [3.05, 3.63) is 65.2 Å². The molecule has 0 spiro atoms. The van der Waals surface area contributed by atoms with Gasteiger partial charge in [0.2, 0.25) is 0 Å². The highest BCUT2D eigenvalue weighted by Gasteiger charge is 2.12.